The van der Waals surface area contributed by atoms with Gasteiger partial charge in [-0.15, -0.1) is 0 Å². The van der Waals surface area contributed by atoms with Crippen LogP contribution in [-0.2, 0) is 4.74 Å². The van der Waals surface area contributed by atoms with Gasteiger partial charge < -0.3 is 15.0 Å². The molecule has 28 heavy (non-hydrogen) atoms. The fourth-order valence-corrected chi connectivity index (χ4v) is 4.29. The third kappa shape index (κ3) is 2.96. The molecule has 1 aromatic carbocycles. The molecule has 1 spiro atoms. The number of halogens is 1. The van der Waals surface area contributed by atoms with Crippen LogP contribution in [0.2, 0.25) is 5.02 Å². The molecule has 0 aliphatic carbocycles. The molecule has 1 atom stereocenters. The Bertz CT molecular complexity index is 1050. The third-order valence-corrected chi connectivity index (χ3v) is 5.89. The Hall–Kier alpha value is -2.80. The minimum atomic E-state index is -0.146. The number of fused-ring (bicyclic) bond motifs is 1. The molecule has 8 heteroatoms. The number of nitrogens with one attached hydrogen (secondary N) is 2. The highest BCUT2D eigenvalue weighted by molar-refractivity contribution is 6.33. The molecule has 2 fully saturated rings. The molecule has 0 radical (unpaired) electrons. The van der Waals surface area contributed by atoms with Gasteiger partial charge in [0.15, 0.2) is 5.88 Å². The van der Waals surface area contributed by atoms with E-state index in [2.05, 4.69) is 32.0 Å². The first kappa shape index (κ1) is 17.3. The number of aromatic amines is 1. The third-order valence-electron chi connectivity index (χ3n) is 5.56. The molecule has 3 aromatic rings. The first-order valence-electron chi connectivity index (χ1n) is 9.46. The van der Waals surface area contributed by atoms with Crippen molar-refractivity contribution in [2.75, 3.05) is 24.5 Å². The number of ether oxygens (including phenoxy) is 1. The zero-order chi connectivity index (χ0) is 19.1. The Morgan fingerprint density at radius 2 is 2.11 bits per heavy atom. The van der Waals surface area contributed by atoms with Crippen LogP contribution in [0.25, 0.3) is 22.4 Å². The van der Waals surface area contributed by atoms with Crippen LogP contribution in [0.5, 0.6) is 0 Å². The van der Waals surface area contributed by atoms with Crippen molar-refractivity contribution in [3.8, 4) is 11.3 Å². The molecule has 4 heterocycles. The molecule has 0 amide bonds. The summed E-state index contributed by atoms with van der Waals surface area (Å²) >= 11 is 6.33. The number of hydrogen-bond donors (Lipinski definition) is 2. The Morgan fingerprint density at radius 1 is 1.21 bits per heavy atom. The summed E-state index contributed by atoms with van der Waals surface area (Å²) in [7, 11) is 0. The van der Waals surface area contributed by atoms with Crippen molar-refractivity contribution < 1.29 is 4.74 Å². The second-order valence-corrected chi connectivity index (χ2v) is 7.79. The van der Waals surface area contributed by atoms with E-state index < -0.39 is 0 Å². The minimum Gasteiger partial charge on any atom is -0.471 e. The number of nitrogens with zero attached hydrogens (tertiary/aromatic N) is 4. The summed E-state index contributed by atoms with van der Waals surface area (Å²) in [5.41, 5.74) is 2.84. The van der Waals surface area contributed by atoms with Gasteiger partial charge in [-0.05, 0) is 25.5 Å². The normalized spacial score (nSPS) is 22.3. The van der Waals surface area contributed by atoms with Gasteiger partial charge in [-0.1, -0.05) is 29.8 Å². The largest absolute Gasteiger partial charge is 0.471 e. The number of aromatic nitrogens is 4. The molecular weight excluding hydrogens is 376 g/mol. The average Bonchev–Trinajstić information content (AvgIpc) is 3.21. The topological polar surface area (TPSA) is 79.0 Å². The average molecular weight is 397 g/mol. The van der Waals surface area contributed by atoms with Gasteiger partial charge in [-0.3, -0.25) is 5.10 Å². The zero-order valence-corrected chi connectivity index (χ0v) is 16.2. The van der Waals surface area contributed by atoms with Crippen molar-refractivity contribution in [2.24, 2.45) is 0 Å². The van der Waals surface area contributed by atoms with E-state index in [4.69, 9.17) is 21.3 Å². The minimum absolute atomic E-state index is 0.146. The first-order valence-corrected chi connectivity index (χ1v) is 9.84. The van der Waals surface area contributed by atoms with Crippen LogP contribution in [0.1, 0.15) is 19.3 Å². The SMILES string of the molecule is C=C1NCC2(CCCN(c3cnc4c(-c5ccccc5Cl)[nH]nc4n3)CC2)O1. The lowest BCUT2D eigenvalue weighted by molar-refractivity contribution is 0.0392. The highest BCUT2D eigenvalue weighted by Crippen LogP contribution is 2.34. The van der Waals surface area contributed by atoms with E-state index >= 15 is 0 Å². The molecule has 0 bridgehead atoms. The van der Waals surface area contributed by atoms with Gasteiger partial charge in [-0.2, -0.15) is 5.10 Å². The van der Waals surface area contributed by atoms with Crippen LogP contribution in [0.3, 0.4) is 0 Å². The summed E-state index contributed by atoms with van der Waals surface area (Å²) in [5.74, 6) is 1.52. The fourth-order valence-electron chi connectivity index (χ4n) is 4.06. The number of hydrogen-bond acceptors (Lipinski definition) is 6. The number of H-pyrrole nitrogens is 1. The van der Waals surface area contributed by atoms with E-state index in [9.17, 15) is 0 Å². The molecule has 7 nitrogen and oxygen atoms in total. The highest BCUT2D eigenvalue weighted by Gasteiger charge is 2.39. The van der Waals surface area contributed by atoms with Gasteiger partial charge in [0.05, 0.1) is 23.5 Å². The summed E-state index contributed by atoms with van der Waals surface area (Å²) in [6.07, 6.45) is 4.78. The van der Waals surface area contributed by atoms with Gasteiger partial charge in [0.25, 0.3) is 0 Å². The van der Waals surface area contributed by atoms with Crippen molar-refractivity contribution in [2.45, 2.75) is 24.9 Å². The van der Waals surface area contributed by atoms with Crippen LogP contribution < -0.4 is 10.2 Å². The molecule has 1 unspecified atom stereocenters. The summed E-state index contributed by atoms with van der Waals surface area (Å²) in [4.78, 5) is 11.7. The summed E-state index contributed by atoms with van der Waals surface area (Å²) < 4.78 is 5.99. The lowest BCUT2D eigenvalue weighted by Crippen LogP contribution is -2.35. The molecular formula is C20H21ClN6O. The molecule has 2 aliphatic rings. The van der Waals surface area contributed by atoms with Crippen molar-refractivity contribution in [3.05, 3.63) is 47.9 Å². The van der Waals surface area contributed by atoms with Gasteiger partial charge in [-0.25, -0.2) is 9.97 Å². The summed E-state index contributed by atoms with van der Waals surface area (Å²) in [5, 5.41) is 11.3. The van der Waals surface area contributed by atoms with Gasteiger partial charge in [0, 0.05) is 25.1 Å². The van der Waals surface area contributed by atoms with Crippen LogP contribution in [0, 0.1) is 0 Å². The Labute approximate surface area is 167 Å². The van der Waals surface area contributed by atoms with Crippen molar-refractivity contribution in [3.63, 3.8) is 0 Å². The molecule has 2 aromatic heterocycles. The van der Waals surface area contributed by atoms with Crippen LogP contribution in [0.4, 0.5) is 5.82 Å². The van der Waals surface area contributed by atoms with E-state index in [1.807, 2.05) is 30.5 Å². The van der Waals surface area contributed by atoms with E-state index in [-0.39, 0.29) is 5.60 Å². The predicted octanol–water partition coefficient (Wildman–Crippen LogP) is 3.49. The van der Waals surface area contributed by atoms with E-state index in [0.29, 0.717) is 16.6 Å². The van der Waals surface area contributed by atoms with E-state index in [0.717, 1.165) is 61.5 Å². The van der Waals surface area contributed by atoms with Gasteiger partial charge in [0.2, 0.25) is 5.65 Å². The second-order valence-electron chi connectivity index (χ2n) is 7.38. The number of rotatable bonds is 2. The Morgan fingerprint density at radius 3 is 2.93 bits per heavy atom. The van der Waals surface area contributed by atoms with Crippen molar-refractivity contribution in [1.29, 1.82) is 0 Å². The maximum absolute atomic E-state index is 6.33. The quantitative estimate of drug-likeness (QED) is 0.690. The smallest absolute Gasteiger partial charge is 0.202 e. The highest BCUT2D eigenvalue weighted by atomic mass is 35.5. The molecule has 0 saturated carbocycles. The van der Waals surface area contributed by atoms with Crippen LogP contribution in [0.15, 0.2) is 42.9 Å². The maximum Gasteiger partial charge on any atom is 0.202 e. The number of benzene rings is 1. The zero-order valence-electron chi connectivity index (χ0n) is 15.4. The molecule has 2 N–H and O–H groups in total. The number of anilines is 1. The second kappa shape index (κ2) is 6.67. The monoisotopic (exact) mass is 396 g/mol. The maximum atomic E-state index is 6.33. The van der Waals surface area contributed by atoms with Crippen LogP contribution >= 0.6 is 11.6 Å². The molecule has 144 valence electrons. The van der Waals surface area contributed by atoms with Crippen LogP contribution in [-0.4, -0.2) is 45.4 Å². The summed E-state index contributed by atoms with van der Waals surface area (Å²) in [6.45, 7) is 6.49. The van der Waals surface area contributed by atoms with Crippen molar-refractivity contribution >= 4 is 28.6 Å². The fraction of sp³-hybridized carbons (Fsp3) is 0.350. The van der Waals surface area contributed by atoms with Gasteiger partial charge in [0.1, 0.15) is 16.9 Å². The Kier molecular flexibility index (Phi) is 4.12. The lowest BCUT2D eigenvalue weighted by atomic mass is 9.95. The van der Waals surface area contributed by atoms with Gasteiger partial charge >= 0.3 is 0 Å². The molecule has 2 saturated heterocycles. The van der Waals surface area contributed by atoms with E-state index in [1.54, 1.807) is 0 Å². The Balaban J connectivity index is 1.42. The lowest BCUT2D eigenvalue weighted by Gasteiger charge is -2.26. The van der Waals surface area contributed by atoms with E-state index in [1.165, 1.54) is 0 Å². The predicted molar refractivity (Wildman–Crippen MR) is 109 cm³/mol. The van der Waals surface area contributed by atoms with Crippen molar-refractivity contribution in [1.82, 2.24) is 25.5 Å². The summed E-state index contributed by atoms with van der Waals surface area (Å²) in [6, 6.07) is 7.65. The molecule has 5 rings (SSSR count). The standard InChI is InChI=1S/C20H21ClN6O/c1-13-23-12-20(28-13)7-4-9-27(10-8-20)16-11-22-18-17(25-26-19(18)24-16)14-5-2-3-6-15(14)21/h2-3,5-6,11,23H,1,4,7-10,12H2,(H,24,25,26). The molecule has 2 aliphatic heterocycles. The first-order chi connectivity index (χ1) is 13.6.